The molecule has 312 valence electrons. The van der Waals surface area contributed by atoms with Crippen molar-refractivity contribution in [3.63, 3.8) is 0 Å². The molecular weight excluding hydrogens is 779 g/mol. The maximum atomic E-state index is 13.5. The van der Waals surface area contributed by atoms with Crippen molar-refractivity contribution in [3.05, 3.63) is 96.2 Å². The molecule has 16 nitrogen and oxygen atoms in total. The molecule has 1 heterocycles. The molecule has 17 heteroatoms. The van der Waals surface area contributed by atoms with Crippen LogP contribution in [0.1, 0.15) is 49.5 Å². The number of nitrogens with one attached hydrogen (secondary N) is 6. The second-order valence-electron chi connectivity index (χ2n) is 14.5. The Morgan fingerprint density at radius 3 is 2.20 bits per heavy atom. The highest BCUT2D eigenvalue weighted by molar-refractivity contribution is 7.92. The van der Waals surface area contributed by atoms with Crippen LogP contribution in [0.2, 0.25) is 0 Å². The fraction of sp³-hybridized carbons (Fsp3) is 0.286. The number of benzene rings is 4. The van der Waals surface area contributed by atoms with E-state index in [1.54, 1.807) is 60.8 Å². The number of aliphatic carboxylic acids is 1. The minimum atomic E-state index is -3.65. The van der Waals surface area contributed by atoms with Crippen molar-refractivity contribution in [3.8, 4) is 23.0 Å². The molecule has 1 aromatic heterocycles. The Morgan fingerprint density at radius 1 is 0.797 bits per heavy atom. The number of urea groups is 1. The summed E-state index contributed by atoms with van der Waals surface area (Å²) in [6.45, 7) is 6.78. The maximum Gasteiger partial charge on any atom is 0.323 e. The fourth-order valence-electron chi connectivity index (χ4n) is 6.04. The number of anilines is 5. The topological polar surface area (TPSA) is 218 Å². The number of unbranched alkanes of at least 4 members (excludes halogenated alkanes) is 1. The lowest BCUT2D eigenvalue weighted by Crippen LogP contribution is -2.27. The number of ether oxygens (including phenoxy) is 3. The van der Waals surface area contributed by atoms with Gasteiger partial charge in [0.15, 0.2) is 5.75 Å². The lowest BCUT2D eigenvalue weighted by molar-refractivity contribution is -0.135. The summed E-state index contributed by atoms with van der Waals surface area (Å²) in [5.74, 6) is 0.790. The summed E-state index contributed by atoms with van der Waals surface area (Å²) >= 11 is 0. The molecule has 4 aromatic carbocycles. The van der Waals surface area contributed by atoms with Crippen LogP contribution < -0.4 is 45.5 Å². The average molecular weight is 828 g/mol. The normalized spacial score (nSPS) is 11.4. The van der Waals surface area contributed by atoms with E-state index in [1.807, 2.05) is 45.0 Å². The van der Waals surface area contributed by atoms with Crippen molar-refractivity contribution in [2.75, 3.05) is 60.8 Å². The van der Waals surface area contributed by atoms with Gasteiger partial charge in [-0.15, -0.1) is 0 Å². The Labute approximate surface area is 343 Å². The number of aromatic nitrogens is 1. The largest absolute Gasteiger partial charge is 0.496 e. The van der Waals surface area contributed by atoms with Crippen molar-refractivity contribution >= 4 is 67.3 Å². The average Bonchev–Trinajstić information content (AvgIpc) is 3.17. The summed E-state index contributed by atoms with van der Waals surface area (Å²) in [6.07, 6.45) is 4.03. The van der Waals surface area contributed by atoms with Crippen LogP contribution in [0.15, 0.2) is 85.1 Å². The third-order valence-corrected chi connectivity index (χ3v) is 9.45. The van der Waals surface area contributed by atoms with E-state index in [9.17, 15) is 22.8 Å². The van der Waals surface area contributed by atoms with Crippen LogP contribution in [-0.2, 0) is 20.2 Å². The molecule has 0 radical (unpaired) electrons. The van der Waals surface area contributed by atoms with Crippen LogP contribution in [0.3, 0.4) is 0 Å². The number of sulfonamides is 1. The molecule has 5 aromatic rings. The highest BCUT2D eigenvalue weighted by atomic mass is 32.2. The number of pyridine rings is 1. The SMILES string of the molecule is COc1cc(Nc2cc(Oc3ccc(NC(=O)Nc4cc(C(C)(C)C)cc(NS(C)(=O)=O)c4OC)c4ccccc34)ccn2)ccc1C(=O)NCCCCNCC(=O)O. The second-order valence-corrected chi connectivity index (χ2v) is 16.3. The summed E-state index contributed by atoms with van der Waals surface area (Å²) in [6, 6.07) is 22.3. The summed E-state index contributed by atoms with van der Waals surface area (Å²) < 4.78 is 44.2. The maximum absolute atomic E-state index is 13.5. The standard InChI is InChI=1S/C42H49N7O9S/c1-42(2,3)26-21-33(39(57-5)34(22-26)49-59(6,54)55)48-41(53)47-32-15-16-35(30-12-8-7-11-29(30)32)58-28-17-20-44-37(24-28)46-27-13-14-31(36(23-27)56-4)40(52)45-19-10-9-18-43-25-38(50)51/h7-8,11-17,20-24,43,49H,9-10,18-19,25H2,1-6H3,(H,44,46)(H,45,52)(H,50,51)(H2,47,48,53). The molecule has 5 rings (SSSR count). The second kappa shape index (κ2) is 19.2. The molecule has 7 N–H and O–H groups in total. The van der Waals surface area contributed by atoms with E-state index in [4.69, 9.17) is 19.3 Å². The van der Waals surface area contributed by atoms with Gasteiger partial charge in [-0.3, -0.25) is 14.3 Å². The molecule has 0 aliphatic rings. The molecule has 3 amide bonds. The van der Waals surface area contributed by atoms with Gasteiger partial charge < -0.3 is 45.9 Å². The van der Waals surface area contributed by atoms with Gasteiger partial charge in [-0.05, 0) is 72.8 Å². The van der Waals surface area contributed by atoms with E-state index in [0.29, 0.717) is 71.3 Å². The first-order valence-electron chi connectivity index (χ1n) is 18.6. The Bertz CT molecular complexity index is 2440. The van der Waals surface area contributed by atoms with Crippen molar-refractivity contribution < 1.29 is 42.1 Å². The minimum Gasteiger partial charge on any atom is -0.496 e. The molecular formula is C42H49N7O9S. The van der Waals surface area contributed by atoms with Gasteiger partial charge >= 0.3 is 12.0 Å². The van der Waals surface area contributed by atoms with Gasteiger partial charge in [0, 0.05) is 41.3 Å². The molecule has 0 fully saturated rings. The first-order valence-corrected chi connectivity index (χ1v) is 20.5. The zero-order valence-corrected chi connectivity index (χ0v) is 34.5. The number of hydrogen-bond donors (Lipinski definition) is 7. The first kappa shape index (κ1) is 43.5. The van der Waals surface area contributed by atoms with Crippen molar-refractivity contribution in [2.24, 2.45) is 0 Å². The van der Waals surface area contributed by atoms with Gasteiger partial charge in [-0.25, -0.2) is 18.2 Å². The third-order valence-electron chi connectivity index (χ3n) is 8.85. The van der Waals surface area contributed by atoms with Gasteiger partial charge in [0.05, 0.1) is 49.6 Å². The van der Waals surface area contributed by atoms with Crippen LogP contribution in [0, 0.1) is 0 Å². The number of carboxylic acids is 1. The molecule has 0 unspecified atom stereocenters. The van der Waals surface area contributed by atoms with E-state index >= 15 is 0 Å². The Morgan fingerprint density at radius 2 is 1.51 bits per heavy atom. The van der Waals surface area contributed by atoms with Gasteiger partial charge in [0.2, 0.25) is 10.0 Å². The van der Waals surface area contributed by atoms with Crippen LogP contribution >= 0.6 is 0 Å². The molecule has 0 aliphatic carbocycles. The van der Waals surface area contributed by atoms with Crippen LogP contribution in [0.25, 0.3) is 10.8 Å². The molecule has 0 saturated heterocycles. The number of rotatable bonds is 18. The highest BCUT2D eigenvalue weighted by Gasteiger charge is 2.23. The van der Waals surface area contributed by atoms with E-state index in [-0.39, 0.29) is 35.0 Å². The number of hydrogen-bond acceptors (Lipinski definition) is 11. The van der Waals surface area contributed by atoms with Gasteiger partial charge in [-0.2, -0.15) is 0 Å². The molecule has 0 saturated carbocycles. The third kappa shape index (κ3) is 12.2. The Kier molecular flexibility index (Phi) is 14.2. The van der Waals surface area contributed by atoms with Crippen molar-refractivity contribution in [2.45, 2.75) is 39.0 Å². The van der Waals surface area contributed by atoms with Gasteiger partial charge in [0.25, 0.3) is 5.91 Å². The van der Waals surface area contributed by atoms with E-state index in [1.165, 1.54) is 14.2 Å². The quantitative estimate of drug-likeness (QED) is 0.0434. The Hall–Kier alpha value is -6.59. The zero-order chi connectivity index (χ0) is 42.7. The van der Waals surface area contributed by atoms with E-state index in [2.05, 4.69) is 36.3 Å². The van der Waals surface area contributed by atoms with Gasteiger partial charge in [-0.1, -0.05) is 45.0 Å². The van der Waals surface area contributed by atoms with Gasteiger partial charge in [0.1, 0.15) is 23.1 Å². The number of amides is 3. The van der Waals surface area contributed by atoms with E-state index < -0.39 is 22.0 Å². The van der Waals surface area contributed by atoms with Crippen LogP contribution in [-0.4, -0.2) is 76.5 Å². The number of carboxylic acid groups (broad SMARTS) is 1. The number of carbonyl (C=O) groups excluding carboxylic acids is 2. The monoisotopic (exact) mass is 827 g/mol. The number of nitrogens with zero attached hydrogens (tertiary/aromatic N) is 1. The Balaban J connectivity index is 1.28. The molecule has 0 aliphatic heterocycles. The molecule has 59 heavy (non-hydrogen) atoms. The lowest BCUT2D eigenvalue weighted by atomic mass is 9.86. The predicted octanol–water partition coefficient (Wildman–Crippen LogP) is 7.29. The number of methoxy groups -OCH3 is 2. The first-order chi connectivity index (χ1) is 28.0. The van der Waals surface area contributed by atoms with Crippen LogP contribution in [0.4, 0.5) is 33.4 Å². The predicted molar refractivity (Wildman–Crippen MR) is 229 cm³/mol. The summed E-state index contributed by atoms with van der Waals surface area (Å²) in [5, 5.41) is 24.8. The molecule has 0 bridgehead atoms. The van der Waals surface area contributed by atoms with Crippen molar-refractivity contribution in [1.29, 1.82) is 0 Å². The number of carbonyl (C=O) groups is 3. The van der Waals surface area contributed by atoms with E-state index in [0.717, 1.165) is 17.2 Å². The van der Waals surface area contributed by atoms with Crippen LogP contribution in [0.5, 0.6) is 23.0 Å². The summed E-state index contributed by atoms with van der Waals surface area (Å²) in [4.78, 5) is 41.4. The van der Waals surface area contributed by atoms with Crippen molar-refractivity contribution in [1.82, 2.24) is 15.6 Å². The summed E-state index contributed by atoms with van der Waals surface area (Å²) in [5.41, 5.74) is 2.36. The number of fused-ring (bicyclic) bond motifs is 1. The molecule has 0 spiro atoms. The minimum absolute atomic E-state index is 0.102. The highest BCUT2D eigenvalue weighted by Crippen LogP contribution is 2.40. The zero-order valence-electron chi connectivity index (χ0n) is 33.7. The smallest absolute Gasteiger partial charge is 0.323 e. The fourth-order valence-corrected chi connectivity index (χ4v) is 6.59. The molecule has 0 atom stereocenters. The lowest BCUT2D eigenvalue weighted by Gasteiger charge is -2.24. The summed E-state index contributed by atoms with van der Waals surface area (Å²) in [7, 11) is -0.776.